The molecule has 0 aromatic heterocycles. The second-order valence-electron chi connectivity index (χ2n) is 8.17. The number of ketones is 1. The predicted octanol–water partition coefficient (Wildman–Crippen LogP) is 4.64. The molecule has 1 fully saturated rings. The fraction of sp³-hybridized carbons (Fsp3) is 0.407. The molecule has 1 saturated heterocycles. The van der Waals surface area contributed by atoms with Gasteiger partial charge in [-0.3, -0.25) is 9.59 Å². The topological polar surface area (TPSA) is 85.3 Å². The van der Waals surface area contributed by atoms with Gasteiger partial charge in [0.05, 0.1) is 24.8 Å². The number of aryl methyl sites for hydroxylation is 1. The van der Waals surface area contributed by atoms with E-state index >= 15 is 0 Å². The quantitative estimate of drug-likeness (QED) is 0.224. The van der Waals surface area contributed by atoms with E-state index in [0.29, 0.717) is 49.8 Å². The monoisotopic (exact) mass is 467 g/mol. The van der Waals surface area contributed by atoms with Crippen LogP contribution in [0.1, 0.15) is 49.4 Å². The van der Waals surface area contributed by atoms with Gasteiger partial charge in [-0.1, -0.05) is 19.1 Å². The Morgan fingerprint density at radius 1 is 1.03 bits per heavy atom. The summed E-state index contributed by atoms with van der Waals surface area (Å²) < 4.78 is 16.4. The van der Waals surface area contributed by atoms with Crippen LogP contribution in [-0.4, -0.2) is 55.2 Å². The van der Waals surface area contributed by atoms with Crippen LogP contribution in [-0.2, 0) is 14.3 Å². The van der Waals surface area contributed by atoms with Gasteiger partial charge in [0.1, 0.15) is 17.3 Å². The van der Waals surface area contributed by atoms with Gasteiger partial charge >= 0.3 is 0 Å². The molecule has 0 aliphatic carbocycles. The van der Waals surface area contributed by atoms with Crippen LogP contribution in [0.4, 0.5) is 0 Å². The Labute approximate surface area is 200 Å². The highest BCUT2D eigenvalue weighted by Crippen LogP contribution is 2.40. The highest BCUT2D eigenvalue weighted by atomic mass is 16.5. The number of Topliss-reactive ketones (excluding diaryl/α,β-unsaturated/α-hetero) is 1. The van der Waals surface area contributed by atoms with Crippen molar-refractivity contribution in [3.05, 3.63) is 64.7 Å². The summed E-state index contributed by atoms with van der Waals surface area (Å²) in [5.41, 5.74) is 2.09. The molecule has 7 heteroatoms. The van der Waals surface area contributed by atoms with Gasteiger partial charge in [0.25, 0.3) is 11.7 Å². The number of hydrogen-bond acceptors (Lipinski definition) is 6. The van der Waals surface area contributed by atoms with Crippen molar-refractivity contribution in [2.24, 2.45) is 0 Å². The SMILES string of the molecule is CCCOc1ccc(C2/C(=C(/O)c3ccc(OCC)c(C)c3)C(=O)C(=O)N2CCCOC)cc1. The van der Waals surface area contributed by atoms with Gasteiger partial charge in [0.15, 0.2) is 0 Å². The van der Waals surface area contributed by atoms with Crippen LogP contribution in [0, 0.1) is 6.92 Å². The van der Waals surface area contributed by atoms with Gasteiger partial charge in [-0.25, -0.2) is 0 Å². The highest BCUT2D eigenvalue weighted by molar-refractivity contribution is 6.46. The van der Waals surface area contributed by atoms with Crippen molar-refractivity contribution in [1.82, 2.24) is 4.90 Å². The molecule has 34 heavy (non-hydrogen) atoms. The number of aliphatic hydroxyl groups is 1. The lowest BCUT2D eigenvalue weighted by molar-refractivity contribution is -0.140. The Balaban J connectivity index is 2.06. The molecule has 1 aliphatic rings. The summed E-state index contributed by atoms with van der Waals surface area (Å²) in [7, 11) is 1.59. The first kappa shape index (κ1) is 25.3. The van der Waals surface area contributed by atoms with E-state index in [2.05, 4.69) is 0 Å². The molecule has 1 heterocycles. The summed E-state index contributed by atoms with van der Waals surface area (Å²) in [6.45, 7) is 7.72. The number of benzene rings is 2. The number of aliphatic hydroxyl groups excluding tert-OH is 1. The molecule has 0 saturated carbocycles. The Hall–Kier alpha value is -3.32. The normalized spacial score (nSPS) is 17.3. The number of rotatable bonds is 11. The zero-order valence-electron chi connectivity index (χ0n) is 20.3. The minimum atomic E-state index is -0.705. The molecule has 0 spiro atoms. The molecule has 0 bridgehead atoms. The Bertz CT molecular complexity index is 1040. The van der Waals surface area contributed by atoms with Crippen LogP contribution in [0.5, 0.6) is 11.5 Å². The molecular weight excluding hydrogens is 434 g/mol. The van der Waals surface area contributed by atoms with Crippen molar-refractivity contribution in [1.29, 1.82) is 0 Å². The van der Waals surface area contributed by atoms with E-state index in [1.54, 1.807) is 25.3 Å². The smallest absolute Gasteiger partial charge is 0.295 e. The van der Waals surface area contributed by atoms with Gasteiger partial charge in [-0.2, -0.15) is 0 Å². The summed E-state index contributed by atoms with van der Waals surface area (Å²) in [5.74, 6) is -0.105. The first-order valence-electron chi connectivity index (χ1n) is 11.7. The molecule has 2 aromatic rings. The van der Waals surface area contributed by atoms with Crippen molar-refractivity contribution in [2.75, 3.05) is 33.5 Å². The number of likely N-dealkylation sites (tertiary alicyclic amines) is 1. The summed E-state index contributed by atoms with van der Waals surface area (Å²) in [5, 5.41) is 11.2. The van der Waals surface area contributed by atoms with Crippen molar-refractivity contribution >= 4 is 17.4 Å². The molecule has 1 atom stereocenters. The molecule has 2 aromatic carbocycles. The zero-order chi connectivity index (χ0) is 24.7. The lowest BCUT2D eigenvalue weighted by Crippen LogP contribution is -2.31. The molecule has 3 rings (SSSR count). The van der Waals surface area contributed by atoms with E-state index in [9.17, 15) is 14.7 Å². The Morgan fingerprint density at radius 3 is 2.38 bits per heavy atom. The summed E-state index contributed by atoms with van der Waals surface area (Å²) >= 11 is 0. The third-order valence-corrected chi connectivity index (χ3v) is 5.70. The molecule has 1 amide bonds. The number of hydrogen-bond donors (Lipinski definition) is 1. The van der Waals surface area contributed by atoms with Crippen molar-refractivity contribution in [2.45, 2.75) is 39.7 Å². The van der Waals surface area contributed by atoms with E-state index in [-0.39, 0.29) is 11.3 Å². The predicted molar refractivity (Wildman–Crippen MR) is 130 cm³/mol. The number of amides is 1. The van der Waals surface area contributed by atoms with E-state index in [4.69, 9.17) is 14.2 Å². The number of methoxy groups -OCH3 is 1. The molecule has 182 valence electrons. The highest BCUT2D eigenvalue weighted by Gasteiger charge is 2.45. The first-order valence-corrected chi connectivity index (χ1v) is 11.7. The van der Waals surface area contributed by atoms with Crippen molar-refractivity contribution in [3.8, 4) is 11.5 Å². The van der Waals surface area contributed by atoms with Gasteiger partial charge in [0.2, 0.25) is 0 Å². The maximum Gasteiger partial charge on any atom is 0.295 e. The van der Waals surface area contributed by atoms with Crippen molar-refractivity contribution in [3.63, 3.8) is 0 Å². The van der Waals surface area contributed by atoms with Crippen LogP contribution in [0.15, 0.2) is 48.0 Å². The van der Waals surface area contributed by atoms with E-state index in [1.807, 2.05) is 45.0 Å². The number of carbonyl (C=O) groups excluding carboxylic acids is 2. The molecule has 1 N–H and O–H groups in total. The zero-order valence-corrected chi connectivity index (χ0v) is 20.3. The average molecular weight is 468 g/mol. The number of nitrogens with zero attached hydrogens (tertiary/aromatic N) is 1. The summed E-state index contributed by atoms with van der Waals surface area (Å²) in [4.78, 5) is 27.6. The molecule has 1 unspecified atom stereocenters. The van der Waals surface area contributed by atoms with Gasteiger partial charge < -0.3 is 24.2 Å². The first-order chi connectivity index (χ1) is 16.4. The van der Waals surface area contributed by atoms with Crippen LogP contribution in [0.25, 0.3) is 5.76 Å². The number of carbonyl (C=O) groups is 2. The molecule has 1 aliphatic heterocycles. The lowest BCUT2D eigenvalue weighted by Gasteiger charge is -2.25. The van der Waals surface area contributed by atoms with Crippen LogP contribution in [0.2, 0.25) is 0 Å². The Kier molecular flexibility index (Phi) is 8.71. The van der Waals surface area contributed by atoms with Crippen molar-refractivity contribution < 1.29 is 28.9 Å². The van der Waals surface area contributed by atoms with E-state index in [1.165, 1.54) is 4.90 Å². The maximum absolute atomic E-state index is 13.1. The lowest BCUT2D eigenvalue weighted by atomic mass is 9.94. The van der Waals surface area contributed by atoms with Crippen LogP contribution >= 0.6 is 0 Å². The largest absolute Gasteiger partial charge is 0.507 e. The molecule has 0 radical (unpaired) electrons. The van der Waals surface area contributed by atoms with Crippen LogP contribution in [0.3, 0.4) is 0 Å². The second kappa shape index (κ2) is 11.7. The van der Waals surface area contributed by atoms with E-state index in [0.717, 1.165) is 17.5 Å². The third-order valence-electron chi connectivity index (χ3n) is 5.70. The molecular formula is C27H33NO6. The summed E-state index contributed by atoms with van der Waals surface area (Å²) in [6, 6.07) is 11.8. The van der Waals surface area contributed by atoms with Crippen LogP contribution < -0.4 is 9.47 Å². The van der Waals surface area contributed by atoms with E-state index < -0.39 is 17.7 Å². The second-order valence-corrected chi connectivity index (χ2v) is 8.17. The maximum atomic E-state index is 13.1. The minimum absolute atomic E-state index is 0.0770. The fourth-order valence-electron chi connectivity index (χ4n) is 4.07. The van der Waals surface area contributed by atoms with Gasteiger partial charge in [-0.05, 0) is 68.1 Å². The van der Waals surface area contributed by atoms with Gasteiger partial charge in [0, 0.05) is 25.8 Å². The fourth-order valence-corrected chi connectivity index (χ4v) is 4.07. The average Bonchev–Trinajstić information content (AvgIpc) is 3.09. The minimum Gasteiger partial charge on any atom is -0.507 e. The third kappa shape index (κ3) is 5.42. The Morgan fingerprint density at radius 2 is 1.76 bits per heavy atom. The molecule has 7 nitrogen and oxygen atoms in total. The number of ether oxygens (including phenoxy) is 3. The van der Waals surface area contributed by atoms with Gasteiger partial charge in [-0.15, -0.1) is 0 Å². The summed E-state index contributed by atoms with van der Waals surface area (Å²) in [6.07, 6.45) is 1.46. The standard InChI is InChI=1S/C27H33NO6/c1-5-15-34-21-11-8-19(9-12-21)24-23(26(30)27(31)28(24)14-7-16-32-4)25(29)20-10-13-22(33-6-2)18(3)17-20/h8-13,17,24,29H,5-7,14-16H2,1-4H3/b25-23-.